The molecule has 4 aromatic carbocycles. The van der Waals surface area contributed by atoms with Gasteiger partial charge in [0, 0.05) is 5.56 Å². The minimum absolute atomic E-state index is 0. The van der Waals surface area contributed by atoms with Crippen LogP contribution in [0.1, 0.15) is 37.8 Å². The molecule has 36 heavy (non-hydrogen) atoms. The van der Waals surface area contributed by atoms with Gasteiger partial charge in [-0.3, -0.25) is 0 Å². The van der Waals surface area contributed by atoms with Crippen LogP contribution in [0.25, 0.3) is 21.5 Å². The van der Waals surface area contributed by atoms with Crippen molar-refractivity contribution in [1.29, 1.82) is 5.26 Å². The lowest BCUT2D eigenvalue weighted by Gasteiger charge is -2.31. The summed E-state index contributed by atoms with van der Waals surface area (Å²) >= 11 is 0. The summed E-state index contributed by atoms with van der Waals surface area (Å²) in [6, 6.07) is 28.1. The molecule has 0 bridgehead atoms. The van der Waals surface area contributed by atoms with Crippen molar-refractivity contribution < 1.29 is 27.2 Å². The molecule has 0 saturated heterocycles. The molecule has 0 heterocycles. The Bertz CT molecular complexity index is 1310. The van der Waals surface area contributed by atoms with Gasteiger partial charge >= 0.3 is 0 Å². The first-order chi connectivity index (χ1) is 17.0. The predicted octanol–water partition coefficient (Wildman–Crippen LogP) is 2.98. The van der Waals surface area contributed by atoms with E-state index in [1.165, 1.54) is 27.1 Å². The predicted molar refractivity (Wildman–Crippen MR) is 143 cm³/mol. The zero-order valence-electron chi connectivity index (χ0n) is 21.6. The molecule has 4 nitrogen and oxygen atoms in total. The van der Waals surface area contributed by atoms with E-state index < -0.39 is 5.41 Å². The number of rotatable bonds is 10. The van der Waals surface area contributed by atoms with Gasteiger partial charge in [-0.1, -0.05) is 68.4 Å². The van der Waals surface area contributed by atoms with E-state index >= 15 is 0 Å². The second kappa shape index (κ2) is 12.1. The highest BCUT2D eigenvalue weighted by Gasteiger charge is 2.36. The topological polar surface area (TPSA) is 58.9 Å². The molecule has 0 aliphatic heterocycles. The summed E-state index contributed by atoms with van der Waals surface area (Å²) in [6.07, 6.45) is 1.74. The molecule has 4 rings (SSSR count). The zero-order chi connectivity index (χ0) is 24.8. The number of hydrogen-bond donors (Lipinski definition) is 1. The maximum atomic E-state index is 10.3. The number of ether oxygens (including phenoxy) is 2. The lowest BCUT2D eigenvalue weighted by atomic mass is 9.70. The van der Waals surface area contributed by atoms with E-state index in [4.69, 9.17) is 9.47 Å². The van der Waals surface area contributed by atoms with Crippen molar-refractivity contribution in [2.24, 2.45) is 5.92 Å². The highest BCUT2D eigenvalue weighted by Crippen LogP contribution is 2.40. The number of nitrogens with two attached hydrogens (primary N) is 1. The minimum atomic E-state index is -0.570. The molecular weight excluding hydrogens is 468 g/mol. The first-order valence-electron chi connectivity index (χ1n) is 12.4. The van der Waals surface area contributed by atoms with Gasteiger partial charge in [-0.2, -0.15) is 5.26 Å². The zero-order valence-corrected chi connectivity index (χ0v) is 22.3. The third-order valence-corrected chi connectivity index (χ3v) is 7.29. The Morgan fingerprint density at radius 1 is 0.861 bits per heavy atom. The van der Waals surface area contributed by atoms with Crippen LogP contribution in [-0.2, 0) is 12.0 Å². The fourth-order valence-corrected chi connectivity index (χ4v) is 5.23. The highest BCUT2D eigenvalue weighted by molar-refractivity contribution is 6.02. The molecule has 0 aromatic heterocycles. The van der Waals surface area contributed by atoms with Gasteiger partial charge in [0.25, 0.3) is 0 Å². The van der Waals surface area contributed by atoms with Gasteiger partial charge in [-0.05, 0) is 64.1 Å². The largest absolute Gasteiger partial charge is 1.00 e. The summed E-state index contributed by atoms with van der Waals surface area (Å²) in [5.74, 6) is 1.52. The normalized spacial score (nSPS) is 12.7. The van der Waals surface area contributed by atoms with E-state index in [1.807, 2.05) is 18.2 Å². The molecule has 188 valence electrons. The van der Waals surface area contributed by atoms with Crippen molar-refractivity contribution in [3.05, 3.63) is 83.9 Å². The minimum Gasteiger partial charge on any atom is -1.00 e. The molecule has 2 N–H and O–H groups in total. The summed E-state index contributed by atoms with van der Waals surface area (Å²) < 4.78 is 10.9. The second-order valence-corrected chi connectivity index (χ2v) is 9.49. The molecular formula is C31H35ClN2O2. The lowest BCUT2D eigenvalue weighted by Crippen LogP contribution is -3.00. The third kappa shape index (κ3) is 5.28. The molecule has 0 aliphatic rings. The van der Waals surface area contributed by atoms with Crippen LogP contribution in [0, 0.1) is 17.2 Å². The molecule has 0 fully saturated rings. The number of nitriles is 1. The van der Waals surface area contributed by atoms with Crippen LogP contribution in [0.4, 0.5) is 0 Å². The Morgan fingerprint density at radius 2 is 1.47 bits per heavy atom. The first-order valence-corrected chi connectivity index (χ1v) is 12.4. The maximum Gasteiger partial charge on any atom is 0.161 e. The molecule has 4 aromatic rings. The van der Waals surface area contributed by atoms with E-state index in [9.17, 15) is 5.26 Å². The summed E-state index contributed by atoms with van der Waals surface area (Å²) in [7, 11) is 3.27. The number of nitrogens with zero attached hydrogens (tertiary/aromatic N) is 1. The van der Waals surface area contributed by atoms with Crippen LogP contribution in [-0.4, -0.2) is 20.8 Å². The van der Waals surface area contributed by atoms with E-state index in [2.05, 4.69) is 79.8 Å². The molecule has 1 unspecified atom stereocenters. The number of fused-ring (bicyclic) bond motifs is 2. The lowest BCUT2D eigenvalue weighted by molar-refractivity contribution is -0.670. The molecule has 0 radical (unpaired) electrons. The standard InChI is InChI=1S/C31H34N2O2.ClH/c1-22(2)31(21-32,25-14-15-29(34-3)30(19-25)35-4)16-9-17-33-20-28-26-12-7-5-10-23(26)18-24-11-6-8-13-27(24)28;/h5-8,10-15,18-19,22,33H,9,16-17,20H2,1-4H3;1H. The molecule has 0 spiro atoms. The van der Waals surface area contributed by atoms with Gasteiger partial charge in [-0.25, -0.2) is 0 Å². The summed E-state index contributed by atoms with van der Waals surface area (Å²) in [5.41, 5.74) is 1.81. The van der Waals surface area contributed by atoms with Gasteiger partial charge in [0.1, 0.15) is 6.54 Å². The van der Waals surface area contributed by atoms with Crippen molar-refractivity contribution in [1.82, 2.24) is 0 Å². The van der Waals surface area contributed by atoms with Gasteiger partial charge in [-0.15, -0.1) is 0 Å². The SMILES string of the molecule is COc1ccc(C(C#N)(CCC[NH2+]Cc2c3ccccc3cc3ccccc23)C(C)C)cc1OC.[Cl-]. The average molecular weight is 503 g/mol. The summed E-state index contributed by atoms with van der Waals surface area (Å²) in [6.45, 7) is 6.14. The molecule has 0 saturated carbocycles. The Morgan fingerprint density at radius 3 is 2.03 bits per heavy atom. The fraction of sp³-hybridized carbons (Fsp3) is 0.323. The monoisotopic (exact) mass is 502 g/mol. The van der Waals surface area contributed by atoms with Crippen LogP contribution >= 0.6 is 0 Å². The van der Waals surface area contributed by atoms with Crippen molar-refractivity contribution in [3.63, 3.8) is 0 Å². The van der Waals surface area contributed by atoms with Gasteiger partial charge in [0.2, 0.25) is 0 Å². The van der Waals surface area contributed by atoms with Gasteiger partial charge < -0.3 is 27.2 Å². The smallest absolute Gasteiger partial charge is 0.161 e. The Balaban J connectivity index is 0.00000361. The number of hydrogen-bond acceptors (Lipinski definition) is 3. The van der Waals surface area contributed by atoms with Crippen LogP contribution in [0.5, 0.6) is 11.5 Å². The molecule has 0 aliphatic carbocycles. The summed E-state index contributed by atoms with van der Waals surface area (Å²) in [4.78, 5) is 0. The van der Waals surface area contributed by atoms with Crippen LogP contribution in [0.2, 0.25) is 0 Å². The second-order valence-electron chi connectivity index (χ2n) is 9.49. The van der Waals surface area contributed by atoms with E-state index in [0.29, 0.717) is 11.5 Å². The Kier molecular flexibility index (Phi) is 9.20. The summed E-state index contributed by atoms with van der Waals surface area (Å²) in [5, 5.41) is 17.9. The van der Waals surface area contributed by atoms with Crippen molar-refractivity contribution in [3.8, 4) is 17.6 Å². The van der Waals surface area contributed by atoms with Crippen molar-refractivity contribution in [2.75, 3.05) is 20.8 Å². The van der Waals surface area contributed by atoms with Gasteiger partial charge in [0.05, 0.1) is 32.2 Å². The van der Waals surface area contributed by atoms with E-state index in [-0.39, 0.29) is 18.3 Å². The number of methoxy groups -OCH3 is 2. The molecule has 0 amide bonds. The Labute approximate surface area is 220 Å². The van der Waals surface area contributed by atoms with Crippen LogP contribution in [0.15, 0.2) is 72.8 Å². The first kappa shape index (κ1) is 27.3. The van der Waals surface area contributed by atoms with Crippen molar-refractivity contribution in [2.45, 2.75) is 38.6 Å². The average Bonchev–Trinajstić information content (AvgIpc) is 2.89. The number of benzene rings is 4. The maximum absolute atomic E-state index is 10.3. The van der Waals surface area contributed by atoms with Crippen LogP contribution in [0.3, 0.4) is 0 Å². The highest BCUT2D eigenvalue weighted by atomic mass is 35.5. The van der Waals surface area contributed by atoms with Gasteiger partial charge in [0.15, 0.2) is 11.5 Å². The third-order valence-electron chi connectivity index (χ3n) is 7.29. The number of halogens is 1. The Hall–Kier alpha value is -3.26. The quantitative estimate of drug-likeness (QED) is 0.268. The van der Waals surface area contributed by atoms with E-state index in [1.54, 1.807) is 14.2 Å². The van der Waals surface area contributed by atoms with Crippen LogP contribution < -0.4 is 27.2 Å². The van der Waals surface area contributed by atoms with Crippen molar-refractivity contribution >= 4 is 21.5 Å². The number of quaternary nitrogens is 1. The molecule has 5 heteroatoms. The fourth-order valence-electron chi connectivity index (χ4n) is 5.23. The molecule has 1 atom stereocenters. The van der Waals surface area contributed by atoms with E-state index in [0.717, 1.165) is 31.5 Å².